The number of rotatable bonds is 3. The van der Waals surface area contributed by atoms with Gasteiger partial charge in [-0.2, -0.15) is 0 Å². The summed E-state index contributed by atoms with van der Waals surface area (Å²) in [7, 11) is 0. The molecule has 0 saturated carbocycles. The molecule has 0 bridgehead atoms. The molecule has 1 saturated heterocycles. The summed E-state index contributed by atoms with van der Waals surface area (Å²) in [6.45, 7) is 0.579. The number of nitrogens with zero attached hydrogens (tertiary/aromatic N) is 1. The van der Waals surface area contributed by atoms with Crippen molar-refractivity contribution in [2.24, 2.45) is 0 Å². The van der Waals surface area contributed by atoms with Crippen LogP contribution in [0.1, 0.15) is 23.6 Å². The second-order valence-corrected chi connectivity index (χ2v) is 5.93. The minimum Gasteiger partial charge on any atom is -0.508 e. The Kier molecular flexibility index (Phi) is 3.30. The monoisotopic (exact) mass is 305 g/mol. The van der Waals surface area contributed by atoms with Crippen LogP contribution in [0.3, 0.4) is 0 Å². The zero-order chi connectivity index (χ0) is 15.0. The number of carbonyl (C=O) groups is 1. The molecule has 1 aromatic heterocycles. The number of hydrogen-bond acceptors (Lipinski definition) is 6. The Morgan fingerprint density at radius 2 is 2.14 bits per heavy atom. The number of nitrogens with one attached hydrogen (secondary N) is 1. The van der Waals surface area contributed by atoms with Crippen molar-refractivity contribution >= 4 is 22.4 Å². The first-order chi connectivity index (χ1) is 10.0. The Hall–Kier alpha value is -2.12. The molecule has 0 radical (unpaired) electrons. The van der Waals surface area contributed by atoms with Gasteiger partial charge >= 0.3 is 5.97 Å². The fourth-order valence-corrected chi connectivity index (χ4v) is 3.57. The maximum atomic E-state index is 12.0. The van der Waals surface area contributed by atoms with Crippen molar-refractivity contribution < 1.29 is 15.0 Å². The summed E-state index contributed by atoms with van der Waals surface area (Å²) in [4.78, 5) is 16.2. The van der Waals surface area contributed by atoms with Gasteiger partial charge in [0.25, 0.3) is 0 Å². The van der Waals surface area contributed by atoms with E-state index in [1.165, 1.54) is 11.3 Å². The number of aromatic hydroxyl groups is 1. The molecule has 21 heavy (non-hydrogen) atoms. The lowest BCUT2D eigenvalue weighted by molar-refractivity contribution is -0.145. The zero-order valence-corrected chi connectivity index (χ0v) is 11.9. The molecule has 2 atom stereocenters. The Morgan fingerprint density at radius 1 is 1.43 bits per heavy atom. The van der Waals surface area contributed by atoms with Crippen LogP contribution in [0.4, 0.5) is 5.13 Å². The average molecular weight is 305 g/mol. The van der Waals surface area contributed by atoms with E-state index in [9.17, 15) is 15.0 Å². The van der Waals surface area contributed by atoms with E-state index in [2.05, 4.69) is 10.3 Å². The molecule has 0 aliphatic carbocycles. The van der Waals surface area contributed by atoms with E-state index in [1.54, 1.807) is 29.6 Å². The maximum absolute atomic E-state index is 12.0. The number of nitrogens with two attached hydrogens (primary N) is 1. The predicted octanol–water partition coefficient (Wildman–Crippen LogP) is 1.49. The number of hydrogen-bond donors (Lipinski definition) is 4. The Labute approximate surface area is 125 Å². The quantitative estimate of drug-likeness (QED) is 0.684. The van der Waals surface area contributed by atoms with Gasteiger partial charge in [-0.15, -0.1) is 11.3 Å². The van der Waals surface area contributed by atoms with Crippen LogP contribution in [-0.4, -0.2) is 27.7 Å². The van der Waals surface area contributed by atoms with Gasteiger partial charge in [0.2, 0.25) is 0 Å². The number of carboxylic acid groups (broad SMARTS) is 1. The Balaban J connectivity index is 2.10. The number of phenols is 1. The van der Waals surface area contributed by atoms with Crippen molar-refractivity contribution in [3.63, 3.8) is 0 Å². The highest BCUT2D eigenvalue weighted by Crippen LogP contribution is 2.44. The Bertz CT molecular complexity index is 670. The molecule has 5 N–H and O–H groups in total. The second kappa shape index (κ2) is 5.01. The number of aromatic nitrogens is 1. The Morgan fingerprint density at radius 3 is 2.71 bits per heavy atom. The van der Waals surface area contributed by atoms with E-state index in [0.717, 1.165) is 5.56 Å². The number of phenolic OH excluding ortho intramolecular Hbond substituents is 1. The van der Waals surface area contributed by atoms with Gasteiger partial charge in [0, 0.05) is 11.3 Å². The first-order valence-electron chi connectivity index (χ1n) is 6.53. The molecule has 7 heteroatoms. The first kappa shape index (κ1) is 13.8. The normalized spacial score (nSPS) is 25.0. The zero-order valence-electron chi connectivity index (χ0n) is 11.1. The molecular weight excluding hydrogens is 290 g/mol. The summed E-state index contributed by atoms with van der Waals surface area (Å²) in [5.74, 6) is -1.08. The van der Waals surface area contributed by atoms with E-state index in [4.69, 9.17) is 5.73 Å². The topological polar surface area (TPSA) is 108 Å². The summed E-state index contributed by atoms with van der Waals surface area (Å²) in [5.41, 5.74) is 5.68. The van der Waals surface area contributed by atoms with Gasteiger partial charge in [-0.05, 0) is 30.7 Å². The molecule has 0 spiro atoms. The van der Waals surface area contributed by atoms with Crippen LogP contribution < -0.4 is 11.1 Å². The number of anilines is 1. The third-order valence-electron chi connectivity index (χ3n) is 3.92. The van der Waals surface area contributed by atoms with Gasteiger partial charge in [0.05, 0.1) is 5.69 Å². The molecule has 1 fully saturated rings. The standard InChI is InChI=1S/C14H15N3O3S/c15-13-17-11(7-21-13)14(12(19)20)10(5-6-16-14)8-1-3-9(18)4-2-8/h1-4,7,10,16,18H,5-6H2,(H2,15,17)(H,19,20)/t10?,14-/m1/s1. The van der Waals surface area contributed by atoms with E-state index in [1.807, 2.05) is 0 Å². The van der Waals surface area contributed by atoms with E-state index >= 15 is 0 Å². The van der Waals surface area contributed by atoms with Crippen LogP contribution in [0.15, 0.2) is 29.6 Å². The molecule has 1 aliphatic heterocycles. The van der Waals surface area contributed by atoms with Gasteiger partial charge < -0.3 is 15.9 Å². The van der Waals surface area contributed by atoms with Crippen LogP contribution in [-0.2, 0) is 10.3 Å². The summed E-state index contributed by atoms with van der Waals surface area (Å²) in [6.07, 6.45) is 0.675. The highest BCUT2D eigenvalue weighted by molar-refractivity contribution is 7.13. The fraction of sp³-hybridized carbons (Fsp3) is 0.286. The number of aliphatic carboxylic acids is 1. The smallest absolute Gasteiger partial charge is 0.330 e. The van der Waals surface area contributed by atoms with Crippen LogP contribution >= 0.6 is 11.3 Å². The first-order valence-corrected chi connectivity index (χ1v) is 7.41. The largest absolute Gasteiger partial charge is 0.508 e. The van der Waals surface area contributed by atoms with E-state index < -0.39 is 11.5 Å². The van der Waals surface area contributed by atoms with Crippen LogP contribution in [0.2, 0.25) is 0 Å². The number of benzene rings is 1. The molecule has 2 aromatic rings. The predicted molar refractivity (Wildman–Crippen MR) is 79.3 cm³/mol. The molecule has 6 nitrogen and oxygen atoms in total. The fourth-order valence-electron chi connectivity index (χ4n) is 2.95. The molecule has 1 aliphatic rings. The van der Waals surface area contributed by atoms with Crippen molar-refractivity contribution in [3.05, 3.63) is 40.9 Å². The second-order valence-electron chi connectivity index (χ2n) is 5.04. The molecule has 0 amide bonds. The van der Waals surface area contributed by atoms with Gasteiger partial charge in [-0.3, -0.25) is 5.32 Å². The lowest BCUT2D eigenvalue weighted by Gasteiger charge is -2.30. The highest BCUT2D eigenvalue weighted by Gasteiger charge is 2.52. The van der Waals surface area contributed by atoms with Crippen LogP contribution in [0, 0.1) is 0 Å². The van der Waals surface area contributed by atoms with E-state index in [-0.39, 0.29) is 11.7 Å². The van der Waals surface area contributed by atoms with Crippen LogP contribution in [0.5, 0.6) is 5.75 Å². The van der Waals surface area contributed by atoms with Crippen molar-refractivity contribution in [3.8, 4) is 5.75 Å². The van der Waals surface area contributed by atoms with Crippen LogP contribution in [0.25, 0.3) is 0 Å². The van der Waals surface area contributed by atoms with Crippen molar-refractivity contribution in [2.45, 2.75) is 17.9 Å². The molecule has 110 valence electrons. The summed E-state index contributed by atoms with van der Waals surface area (Å²) in [6, 6.07) is 6.63. The van der Waals surface area contributed by atoms with Gasteiger partial charge in [0.15, 0.2) is 10.7 Å². The summed E-state index contributed by atoms with van der Waals surface area (Å²) in [5, 5.41) is 24.4. The maximum Gasteiger partial charge on any atom is 0.330 e. The molecular formula is C14H15N3O3S. The van der Waals surface area contributed by atoms with Gasteiger partial charge in [0.1, 0.15) is 5.75 Å². The van der Waals surface area contributed by atoms with Crippen molar-refractivity contribution in [2.75, 3.05) is 12.3 Å². The third-order valence-corrected chi connectivity index (χ3v) is 4.59. The molecule has 3 rings (SSSR count). The highest BCUT2D eigenvalue weighted by atomic mass is 32.1. The molecule has 2 heterocycles. The molecule has 1 unspecified atom stereocenters. The number of carboxylic acids is 1. The minimum atomic E-state index is -1.27. The summed E-state index contributed by atoms with van der Waals surface area (Å²) < 4.78 is 0. The number of thiazole rings is 1. The van der Waals surface area contributed by atoms with Crippen molar-refractivity contribution in [1.82, 2.24) is 10.3 Å². The van der Waals surface area contributed by atoms with Gasteiger partial charge in [-0.25, -0.2) is 9.78 Å². The third kappa shape index (κ3) is 2.14. The lowest BCUT2D eigenvalue weighted by Crippen LogP contribution is -2.48. The number of nitrogen functional groups attached to an aromatic ring is 1. The van der Waals surface area contributed by atoms with Crippen molar-refractivity contribution in [1.29, 1.82) is 0 Å². The van der Waals surface area contributed by atoms with Gasteiger partial charge in [-0.1, -0.05) is 12.1 Å². The average Bonchev–Trinajstić information content (AvgIpc) is 3.06. The minimum absolute atomic E-state index is 0.156. The summed E-state index contributed by atoms with van der Waals surface area (Å²) >= 11 is 1.23. The lowest BCUT2D eigenvalue weighted by atomic mass is 9.78. The molecule has 1 aromatic carbocycles. The van der Waals surface area contributed by atoms with E-state index in [0.29, 0.717) is 23.8 Å². The SMILES string of the molecule is Nc1nc([C@]2(C(=O)O)NCCC2c2ccc(O)cc2)cs1.